The Morgan fingerprint density at radius 2 is 1.80 bits per heavy atom. The average Bonchev–Trinajstić information content (AvgIpc) is 3.58. The smallest absolute Gasteiger partial charge is 0.416 e. The number of nitrogens with one attached hydrogen (secondary N) is 2. The molecular formula is C38H45N5O8. The number of carbonyl (C=O) groups is 4. The number of esters is 1. The monoisotopic (exact) mass is 699 g/mol. The number of phenols is 1. The number of benzene rings is 2. The molecule has 0 saturated heterocycles. The summed E-state index contributed by atoms with van der Waals surface area (Å²) in [5.41, 5.74) is 4.42. The molecule has 5 rings (SSSR count). The van der Waals surface area contributed by atoms with Gasteiger partial charge >= 0.3 is 12.1 Å². The molecule has 270 valence electrons. The third-order valence-electron chi connectivity index (χ3n) is 8.79. The van der Waals surface area contributed by atoms with E-state index in [4.69, 9.17) is 13.9 Å². The van der Waals surface area contributed by atoms with Crippen LogP contribution in [0.2, 0.25) is 0 Å². The fourth-order valence-corrected chi connectivity index (χ4v) is 5.93. The Balaban J connectivity index is 1.17. The Labute approximate surface area is 296 Å². The number of fused-ring (bicyclic) bond motifs is 1. The first kappa shape index (κ1) is 36.8. The Morgan fingerprint density at radius 3 is 2.45 bits per heavy atom. The van der Waals surface area contributed by atoms with Gasteiger partial charge in [0, 0.05) is 24.7 Å². The van der Waals surface area contributed by atoms with Crippen molar-refractivity contribution >= 4 is 40.8 Å². The number of amides is 3. The molecule has 0 aliphatic heterocycles. The van der Waals surface area contributed by atoms with E-state index in [1.807, 2.05) is 19.2 Å². The Kier molecular flexibility index (Phi) is 11.3. The van der Waals surface area contributed by atoms with Crippen LogP contribution in [0.15, 0.2) is 59.5 Å². The molecule has 2 aromatic heterocycles. The lowest BCUT2D eigenvalue weighted by Gasteiger charge is -2.27. The van der Waals surface area contributed by atoms with E-state index >= 15 is 0 Å². The summed E-state index contributed by atoms with van der Waals surface area (Å²) >= 11 is 0. The number of aromatic hydroxyl groups is 1. The fourth-order valence-electron chi connectivity index (χ4n) is 5.93. The van der Waals surface area contributed by atoms with E-state index in [9.17, 15) is 24.3 Å². The van der Waals surface area contributed by atoms with Gasteiger partial charge in [-0.3, -0.25) is 19.3 Å². The van der Waals surface area contributed by atoms with Crippen molar-refractivity contribution in [2.75, 3.05) is 25.1 Å². The minimum absolute atomic E-state index is 0.00572. The number of rotatable bonds is 13. The average molecular weight is 700 g/mol. The molecule has 1 aliphatic carbocycles. The van der Waals surface area contributed by atoms with Gasteiger partial charge in [-0.25, -0.2) is 14.8 Å². The van der Waals surface area contributed by atoms with Crippen LogP contribution < -0.4 is 15.5 Å². The van der Waals surface area contributed by atoms with Crippen molar-refractivity contribution in [1.29, 1.82) is 0 Å². The van der Waals surface area contributed by atoms with Crippen molar-refractivity contribution in [2.45, 2.75) is 77.9 Å². The van der Waals surface area contributed by atoms with Crippen LogP contribution in [0.1, 0.15) is 82.0 Å². The normalized spacial score (nSPS) is 15.9. The zero-order valence-electron chi connectivity index (χ0n) is 29.8. The van der Waals surface area contributed by atoms with E-state index < -0.39 is 29.6 Å². The van der Waals surface area contributed by atoms with Crippen molar-refractivity contribution in [3.8, 4) is 16.9 Å². The summed E-state index contributed by atoms with van der Waals surface area (Å²) in [6.45, 7) is 9.45. The molecule has 13 heteroatoms. The second-order valence-corrected chi connectivity index (χ2v) is 13.9. The third kappa shape index (κ3) is 9.41. The summed E-state index contributed by atoms with van der Waals surface area (Å²) < 4.78 is 16.0. The van der Waals surface area contributed by atoms with Crippen LogP contribution in [-0.4, -0.2) is 64.8 Å². The number of aromatic nitrogens is 2. The van der Waals surface area contributed by atoms with Gasteiger partial charge in [0.25, 0.3) is 0 Å². The van der Waals surface area contributed by atoms with Crippen molar-refractivity contribution in [3.63, 3.8) is 0 Å². The van der Waals surface area contributed by atoms with Gasteiger partial charge in [-0.1, -0.05) is 31.2 Å². The Hall–Kier alpha value is -5.46. The third-order valence-corrected chi connectivity index (χ3v) is 8.79. The minimum atomic E-state index is -0.728. The molecule has 0 radical (unpaired) electrons. The van der Waals surface area contributed by atoms with E-state index in [-0.39, 0.29) is 37.6 Å². The molecule has 3 atom stereocenters. The molecular weight excluding hydrogens is 654 g/mol. The summed E-state index contributed by atoms with van der Waals surface area (Å²) in [6.07, 6.45) is 3.87. The molecule has 1 fully saturated rings. The van der Waals surface area contributed by atoms with Crippen LogP contribution >= 0.6 is 0 Å². The van der Waals surface area contributed by atoms with Gasteiger partial charge in [0.15, 0.2) is 17.5 Å². The number of ether oxygens (including phenoxy) is 2. The Morgan fingerprint density at radius 1 is 1.08 bits per heavy atom. The summed E-state index contributed by atoms with van der Waals surface area (Å²) in [7, 11) is 1.27. The largest absolute Gasteiger partial charge is 0.506 e. The quantitative estimate of drug-likeness (QED) is 0.139. The lowest BCUT2D eigenvalue weighted by Crippen LogP contribution is -2.40. The van der Waals surface area contributed by atoms with Crippen LogP contribution in [0.3, 0.4) is 0 Å². The van der Waals surface area contributed by atoms with Crippen LogP contribution in [0, 0.1) is 12.8 Å². The number of phenolic OH excluding ortho intramolecular Hbond substituents is 1. The Bertz CT molecular complexity index is 1900. The first-order valence-corrected chi connectivity index (χ1v) is 17.0. The molecule has 51 heavy (non-hydrogen) atoms. The lowest BCUT2D eigenvalue weighted by atomic mass is 9.98. The number of aryl methyl sites for hydroxylation is 1. The first-order chi connectivity index (χ1) is 24.2. The lowest BCUT2D eigenvalue weighted by molar-refractivity contribution is -0.141. The minimum Gasteiger partial charge on any atom is -0.506 e. The van der Waals surface area contributed by atoms with E-state index in [1.54, 1.807) is 51.1 Å². The molecule has 13 nitrogen and oxygen atoms in total. The van der Waals surface area contributed by atoms with E-state index in [1.165, 1.54) is 30.0 Å². The van der Waals surface area contributed by atoms with Gasteiger partial charge in [0.2, 0.25) is 11.8 Å². The maximum Gasteiger partial charge on any atom is 0.416 e. The van der Waals surface area contributed by atoms with Crippen LogP contribution in [0.4, 0.5) is 10.6 Å². The number of oxazole rings is 1. The molecule has 1 saturated carbocycles. The van der Waals surface area contributed by atoms with Crippen molar-refractivity contribution in [1.82, 2.24) is 20.6 Å². The van der Waals surface area contributed by atoms with E-state index in [2.05, 4.69) is 27.5 Å². The molecule has 3 amide bonds. The molecule has 0 spiro atoms. The standard InChI is InChI=1S/C38H45N5O8/c1-22-16-27(22)28-19-39-31(17-23(28)2)43(37(48)51-38(3,4)5)15-7-8-32(45)40-20-33(46)42-29(18-34(47)49-6)25-11-9-24(10-12-25)26-13-14-30(44)35-36(26)50-21-41-35/h9-14,17,19,21-22,27,29,44H,7-8,15-16,18,20H2,1-6H3,(H,40,45)(H,42,46)/t22?,27-,29-/m0/s1. The van der Waals surface area contributed by atoms with Gasteiger partial charge in [-0.15, -0.1) is 0 Å². The highest BCUT2D eigenvalue weighted by molar-refractivity contribution is 5.93. The number of pyridine rings is 1. The van der Waals surface area contributed by atoms with Crippen molar-refractivity contribution in [3.05, 3.63) is 71.7 Å². The van der Waals surface area contributed by atoms with E-state index in [0.29, 0.717) is 46.3 Å². The zero-order chi connectivity index (χ0) is 36.9. The second kappa shape index (κ2) is 15.6. The topological polar surface area (TPSA) is 173 Å². The van der Waals surface area contributed by atoms with Gasteiger partial charge in [0.1, 0.15) is 17.2 Å². The van der Waals surface area contributed by atoms with Gasteiger partial charge in [-0.05, 0) is 92.8 Å². The van der Waals surface area contributed by atoms with Crippen molar-refractivity contribution in [2.24, 2.45) is 5.92 Å². The van der Waals surface area contributed by atoms with Gasteiger partial charge < -0.3 is 29.6 Å². The molecule has 2 heterocycles. The van der Waals surface area contributed by atoms with Crippen LogP contribution in [0.5, 0.6) is 5.75 Å². The summed E-state index contributed by atoms with van der Waals surface area (Å²) in [5, 5.41) is 15.5. The number of hydrogen-bond acceptors (Lipinski definition) is 10. The van der Waals surface area contributed by atoms with E-state index in [0.717, 1.165) is 17.5 Å². The summed E-state index contributed by atoms with van der Waals surface area (Å²) in [5.74, 6) is 0.174. The van der Waals surface area contributed by atoms with Crippen LogP contribution in [0.25, 0.3) is 22.2 Å². The molecule has 4 aromatic rings. The van der Waals surface area contributed by atoms with Gasteiger partial charge in [0.05, 0.1) is 26.1 Å². The second-order valence-electron chi connectivity index (χ2n) is 13.9. The number of nitrogens with zero attached hydrogens (tertiary/aromatic N) is 3. The highest BCUT2D eigenvalue weighted by Gasteiger charge is 2.35. The molecule has 0 bridgehead atoms. The number of carbonyl (C=O) groups excluding carboxylic acids is 4. The molecule has 3 N–H and O–H groups in total. The maximum atomic E-state index is 13.2. The maximum absolute atomic E-state index is 13.2. The number of hydrogen-bond donors (Lipinski definition) is 3. The SMILES string of the molecule is COC(=O)C[C@H](NC(=O)CNC(=O)CCCN(C(=O)OC(C)(C)C)c1cc(C)c([C@H]2CC2C)cn1)c1ccc(-c2ccc(O)c3ncoc23)cc1. The zero-order valence-corrected chi connectivity index (χ0v) is 29.8. The molecule has 1 unspecified atom stereocenters. The predicted molar refractivity (Wildman–Crippen MR) is 190 cm³/mol. The molecule has 2 aromatic carbocycles. The fraction of sp³-hybridized carbons (Fsp3) is 0.421. The van der Waals surface area contributed by atoms with Gasteiger partial charge in [-0.2, -0.15) is 0 Å². The molecule has 1 aliphatic rings. The highest BCUT2D eigenvalue weighted by atomic mass is 16.6. The van der Waals surface area contributed by atoms with Crippen molar-refractivity contribution < 1.29 is 38.2 Å². The first-order valence-electron chi connectivity index (χ1n) is 17.0. The predicted octanol–water partition coefficient (Wildman–Crippen LogP) is 6.09. The summed E-state index contributed by atoms with van der Waals surface area (Å²) in [4.78, 5) is 61.2. The number of methoxy groups -OCH3 is 1. The van der Waals surface area contributed by atoms with Crippen LogP contribution in [-0.2, 0) is 23.9 Å². The number of anilines is 1. The summed E-state index contributed by atoms with van der Waals surface area (Å²) in [6, 6.07) is 11.6. The highest BCUT2D eigenvalue weighted by Crippen LogP contribution is 2.48.